The Bertz CT molecular complexity index is 1040. The Morgan fingerprint density at radius 3 is 2.96 bits per heavy atom. The van der Waals surface area contributed by atoms with Gasteiger partial charge in [-0.1, -0.05) is 18.7 Å². The second kappa shape index (κ2) is 6.74. The lowest BCUT2D eigenvalue weighted by molar-refractivity contribution is 0.529. The van der Waals surface area contributed by atoms with Gasteiger partial charge in [-0.25, -0.2) is 9.97 Å². The zero-order valence-corrected chi connectivity index (χ0v) is 16.1. The van der Waals surface area contributed by atoms with Crippen LogP contribution in [0.1, 0.15) is 23.3 Å². The van der Waals surface area contributed by atoms with Crippen LogP contribution in [0.15, 0.2) is 27.1 Å². The van der Waals surface area contributed by atoms with Gasteiger partial charge in [0.2, 0.25) is 5.89 Å². The summed E-state index contributed by atoms with van der Waals surface area (Å²) in [6.07, 6.45) is 1.01. The maximum absolute atomic E-state index is 5.97. The topological polar surface area (TPSA) is 90.7 Å². The van der Waals surface area contributed by atoms with Crippen molar-refractivity contribution in [1.82, 2.24) is 20.2 Å². The fourth-order valence-corrected chi connectivity index (χ4v) is 4.99. The number of rotatable bonds is 5. The van der Waals surface area contributed by atoms with Crippen LogP contribution in [0.25, 0.3) is 21.0 Å². The molecular formula is C16H15N5OS3. The number of aryl methyl sites for hydroxylation is 2. The lowest BCUT2D eigenvalue weighted by Crippen LogP contribution is -1.95. The molecule has 0 bridgehead atoms. The molecule has 128 valence electrons. The van der Waals surface area contributed by atoms with Crippen molar-refractivity contribution >= 4 is 50.5 Å². The van der Waals surface area contributed by atoms with E-state index in [1.807, 2.05) is 11.4 Å². The van der Waals surface area contributed by atoms with E-state index >= 15 is 0 Å². The Labute approximate surface area is 156 Å². The molecule has 0 saturated carbocycles. The Kier molecular flexibility index (Phi) is 4.45. The van der Waals surface area contributed by atoms with Gasteiger partial charge in [0.1, 0.15) is 10.6 Å². The molecule has 0 aliphatic rings. The van der Waals surface area contributed by atoms with Gasteiger partial charge in [0.15, 0.2) is 5.16 Å². The predicted octanol–water partition coefficient (Wildman–Crippen LogP) is 4.55. The van der Waals surface area contributed by atoms with Gasteiger partial charge in [0.05, 0.1) is 16.0 Å². The molecule has 0 aliphatic heterocycles. The highest BCUT2D eigenvalue weighted by atomic mass is 32.2. The van der Waals surface area contributed by atoms with Crippen LogP contribution >= 0.6 is 34.4 Å². The van der Waals surface area contributed by atoms with Crippen LogP contribution in [-0.2, 0) is 12.2 Å². The summed E-state index contributed by atoms with van der Waals surface area (Å²) in [7, 11) is 0. The quantitative estimate of drug-likeness (QED) is 0.395. The van der Waals surface area contributed by atoms with Crippen molar-refractivity contribution < 1.29 is 4.42 Å². The highest BCUT2D eigenvalue weighted by molar-refractivity contribution is 7.98. The number of thiophene rings is 2. The lowest BCUT2D eigenvalue weighted by atomic mass is 10.2. The minimum absolute atomic E-state index is 0.501. The third-order valence-corrected chi connectivity index (χ3v) is 6.69. The fourth-order valence-electron chi connectivity index (χ4n) is 2.44. The number of fused-ring (bicyclic) bond motifs is 1. The van der Waals surface area contributed by atoms with Gasteiger partial charge in [0.25, 0.3) is 5.89 Å². The van der Waals surface area contributed by atoms with E-state index in [0.717, 1.165) is 21.5 Å². The molecule has 0 aliphatic carbocycles. The maximum Gasteiger partial charge on any atom is 0.257 e. The first-order valence-electron chi connectivity index (χ1n) is 7.69. The molecule has 25 heavy (non-hydrogen) atoms. The van der Waals surface area contributed by atoms with Crippen LogP contribution in [0.3, 0.4) is 0 Å². The van der Waals surface area contributed by atoms with Crippen molar-refractivity contribution in [2.45, 2.75) is 31.2 Å². The van der Waals surface area contributed by atoms with Crippen LogP contribution in [0.2, 0.25) is 0 Å². The standard InChI is InChI=1S/C16H15N5OS3/c1-3-10-8(2)6-11(25-10)14-21-20-12(22-14)7-24-16-18-13(17)9-4-5-23-15(9)19-16/h4-6H,3,7H2,1-2H3,(H2,17,18,19). The van der Waals surface area contributed by atoms with Gasteiger partial charge in [0, 0.05) is 4.88 Å². The van der Waals surface area contributed by atoms with Crippen molar-refractivity contribution in [1.29, 1.82) is 0 Å². The molecule has 4 aromatic heterocycles. The number of nitrogens with two attached hydrogens (primary N) is 1. The Morgan fingerprint density at radius 1 is 1.28 bits per heavy atom. The molecule has 6 nitrogen and oxygen atoms in total. The van der Waals surface area contributed by atoms with Crippen molar-refractivity contribution in [2.24, 2.45) is 0 Å². The third kappa shape index (κ3) is 3.26. The summed E-state index contributed by atoms with van der Waals surface area (Å²) in [5.74, 6) is 2.13. The van der Waals surface area contributed by atoms with E-state index in [1.165, 1.54) is 22.2 Å². The predicted molar refractivity (Wildman–Crippen MR) is 103 cm³/mol. The number of nitrogen functional groups attached to an aromatic ring is 1. The van der Waals surface area contributed by atoms with Crippen LogP contribution in [0, 0.1) is 6.92 Å². The molecule has 0 aromatic carbocycles. The van der Waals surface area contributed by atoms with Crippen molar-refractivity contribution in [3.05, 3.63) is 33.8 Å². The molecular weight excluding hydrogens is 374 g/mol. The van der Waals surface area contributed by atoms with E-state index in [1.54, 1.807) is 22.7 Å². The minimum Gasteiger partial charge on any atom is -0.419 e. The monoisotopic (exact) mass is 389 g/mol. The molecule has 4 rings (SSSR count). The van der Waals surface area contributed by atoms with Crippen molar-refractivity contribution in [3.8, 4) is 10.8 Å². The Hall–Kier alpha value is -1.97. The smallest absolute Gasteiger partial charge is 0.257 e. The first kappa shape index (κ1) is 16.5. The van der Waals surface area contributed by atoms with Gasteiger partial charge < -0.3 is 10.2 Å². The van der Waals surface area contributed by atoms with Gasteiger partial charge >= 0.3 is 0 Å². The number of thioether (sulfide) groups is 1. The van der Waals surface area contributed by atoms with E-state index in [9.17, 15) is 0 Å². The molecule has 0 fully saturated rings. The average molecular weight is 390 g/mol. The minimum atomic E-state index is 0.501. The summed E-state index contributed by atoms with van der Waals surface area (Å²) in [6, 6.07) is 4.03. The number of anilines is 1. The molecule has 4 aromatic rings. The summed E-state index contributed by atoms with van der Waals surface area (Å²) >= 11 is 4.69. The molecule has 0 saturated heterocycles. The Balaban J connectivity index is 1.50. The molecule has 2 N–H and O–H groups in total. The highest BCUT2D eigenvalue weighted by Gasteiger charge is 2.14. The van der Waals surface area contributed by atoms with Crippen LogP contribution < -0.4 is 5.73 Å². The SMILES string of the molecule is CCc1sc(-c2nnc(CSc3nc(N)c4ccsc4n3)o2)cc1C. The molecule has 0 radical (unpaired) electrons. The number of aromatic nitrogens is 4. The van der Waals surface area contributed by atoms with Gasteiger partial charge in [-0.05, 0) is 36.4 Å². The molecule has 0 amide bonds. The number of hydrogen-bond donors (Lipinski definition) is 1. The second-order valence-electron chi connectivity index (χ2n) is 5.39. The molecule has 0 unspecified atom stereocenters. The van der Waals surface area contributed by atoms with Gasteiger partial charge in [-0.2, -0.15) is 0 Å². The summed E-state index contributed by atoms with van der Waals surface area (Å²) < 4.78 is 5.79. The fraction of sp³-hybridized carbons (Fsp3) is 0.250. The van der Waals surface area contributed by atoms with E-state index in [4.69, 9.17) is 10.2 Å². The van der Waals surface area contributed by atoms with E-state index in [0.29, 0.717) is 28.5 Å². The summed E-state index contributed by atoms with van der Waals surface area (Å²) in [6.45, 7) is 4.25. The van der Waals surface area contributed by atoms with E-state index in [2.05, 4.69) is 40.1 Å². The molecule has 0 atom stereocenters. The number of hydrogen-bond acceptors (Lipinski definition) is 9. The van der Waals surface area contributed by atoms with Crippen LogP contribution in [0.4, 0.5) is 5.82 Å². The molecule has 9 heteroatoms. The van der Waals surface area contributed by atoms with E-state index in [-0.39, 0.29) is 0 Å². The largest absolute Gasteiger partial charge is 0.419 e. The summed E-state index contributed by atoms with van der Waals surface area (Å²) in [5.41, 5.74) is 7.24. The molecule has 4 heterocycles. The number of nitrogens with zero attached hydrogens (tertiary/aromatic N) is 4. The lowest BCUT2D eigenvalue weighted by Gasteiger charge is -2.00. The first-order chi connectivity index (χ1) is 12.1. The normalized spacial score (nSPS) is 11.4. The zero-order valence-electron chi connectivity index (χ0n) is 13.6. The Morgan fingerprint density at radius 2 is 2.16 bits per heavy atom. The van der Waals surface area contributed by atoms with E-state index < -0.39 is 0 Å². The zero-order chi connectivity index (χ0) is 17.4. The third-order valence-electron chi connectivity index (χ3n) is 3.68. The van der Waals surface area contributed by atoms with Crippen LogP contribution in [-0.4, -0.2) is 20.2 Å². The second-order valence-corrected chi connectivity index (χ2v) is 8.36. The maximum atomic E-state index is 5.97. The first-order valence-corrected chi connectivity index (χ1v) is 10.4. The highest BCUT2D eigenvalue weighted by Crippen LogP contribution is 2.32. The summed E-state index contributed by atoms with van der Waals surface area (Å²) in [5, 5.41) is 11.8. The van der Waals surface area contributed by atoms with Crippen molar-refractivity contribution in [2.75, 3.05) is 5.73 Å². The van der Waals surface area contributed by atoms with Gasteiger partial charge in [-0.15, -0.1) is 32.9 Å². The molecule has 0 spiro atoms. The average Bonchev–Trinajstić information content (AvgIpc) is 3.31. The van der Waals surface area contributed by atoms with Crippen LogP contribution in [0.5, 0.6) is 0 Å². The summed E-state index contributed by atoms with van der Waals surface area (Å²) in [4.78, 5) is 12.1. The van der Waals surface area contributed by atoms with Gasteiger partial charge in [-0.3, -0.25) is 0 Å². The van der Waals surface area contributed by atoms with Crippen molar-refractivity contribution in [3.63, 3.8) is 0 Å².